The molecule has 0 amide bonds. The number of phenolic OH excluding ortho intramolecular Hbond substituents is 1. The van der Waals surface area contributed by atoms with Gasteiger partial charge in [0.1, 0.15) is 16.9 Å². The highest BCUT2D eigenvalue weighted by atomic mass is 16.3. The van der Waals surface area contributed by atoms with E-state index in [-0.39, 0.29) is 16.9 Å². The normalized spacial score (nSPS) is 11.7. The number of nitrogens with zero attached hydrogens (tertiary/aromatic N) is 2. The summed E-state index contributed by atoms with van der Waals surface area (Å²) < 4.78 is 15.5. The number of phenols is 1. The fraction of sp³-hybridized carbons (Fsp3) is 0.371. The first-order valence-corrected chi connectivity index (χ1v) is 14.3. The van der Waals surface area contributed by atoms with E-state index in [0.717, 1.165) is 61.5 Å². The Hall–Kier alpha value is -4.26. The number of hydrogen-bond acceptors (Lipinski definition) is 5. The molecule has 0 bridgehead atoms. The molecule has 1 N–H and O–H groups in total. The van der Waals surface area contributed by atoms with E-state index in [1.54, 1.807) is 15.7 Å². The third-order valence-corrected chi connectivity index (χ3v) is 10.0. The van der Waals surface area contributed by atoms with Gasteiger partial charge in [-0.3, -0.25) is 9.59 Å². The summed E-state index contributed by atoms with van der Waals surface area (Å²) in [5.41, 5.74) is 15.0. The van der Waals surface area contributed by atoms with Crippen LogP contribution < -0.4 is 11.1 Å². The summed E-state index contributed by atoms with van der Waals surface area (Å²) in [7, 11) is 0. The van der Waals surface area contributed by atoms with E-state index in [1.807, 2.05) is 69.2 Å². The topological polar surface area (TPSA) is 89.5 Å². The van der Waals surface area contributed by atoms with Gasteiger partial charge in [0.2, 0.25) is 11.4 Å². The van der Waals surface area contributed by atoms with Crippen LogP contribution in [0.4, 0.5) is 0 Å². The lowest BCUT2D eigenvalue weighted by Gasteiger charge is -2.13. The van der Waals surface area contributed by atoms with E-state index in [2.05, 4.69) is 13.8 Å². The van der Waals surface area contributed by atoms with Crippen LogP contribution >= 0.6 is 0 Å². The Morgan fingerprint density at radius 3 is 1.21 bits per heavy atom. The van der Waals surface area contributed by atoms with Crippen LogP contribution in [0.1, 0.15) is 72.6 Å². The molecular formula is C35H40N2O5. The number of hydrogen-bond donors (Lipinski definition) is 1. The van der Waals surface area contributed by atoms with Crippen LogP contribution in [0.5, 0.6) is 5.75 Å². The number of aryl methyl sites for hydroxylation is 8. The molecule has 0 saturated heterocycles. The maximum atomic E-state index is 13.0. The fourth-order valence-electron chi connectivity index (χ4n) is 6.15. The summed E-state index contributed by atoms with van der Waals surface area (Å²) in [6, 6.07) is 0. The van der Waals surface area contributed by atoms with Crippen LogP contribution in [0, 0.1) is 90.0 Å². The van der Waals surface area contributed by atoms with Gasteiger partial charge in [-0.1, -0.05) is 0 Å². The van der Waals surface area contributed by atoms with Gasteiger partial charge < -0.3 is 13.9 Å². The molecule has 0 fully saturated rings. The van der Waals surface area contributed by atoms with Crippen LogP contribution in [0.2, 0.25) is 0 Å². The number of benzene rings is 2. The van der Waals surface area contributed by atoms with E-state index in [0.29, 0.717) is 33.3 Å². The van der Waals surface area contributed by atoms with Crippen LogP contribution in [0.25, 0.3) is 33.4 Å². The maximum absolute atomic E-state index is 13.0. The molecule has 7 heteroatoms. The highest BCUT2D eigenvalue weighted by Crippen LogP contribution is 2.34. The molecule has 6 aromatic rings. The standard InChI is InChI=1S/C18H21NO2.C17H19NO3/c1-8-9(2)12(5)16-15(11(8)4)17(20)19-14(7)10(3)13(6)18(19)21-16;1-7-10(4)17-18(12(7)6)16(20)13-8(2)9(3)14(19)11(5)15(13)21-17/h1-7H3;19H,1-6H3. The minimum atomic E-state index is -0.0800. The zero-order valence-corrected chi connectivity index (χ0v) is 27.0. The Bertz CT molecular complexity index is 2110. The third kappa shape index (κ3) is 3.72. The quantitative estimate of drug-likeness (QED) is 0.202. The van der Waals surface area contributed by atoms with Crippen molar-refractivity contribution < 1.29 is 13.9 Å². The van der Waals surface area contributed by atoms with Gasteiger partial charge in [-0.2, -0.15) is 0 Å². The van der Waals surface area contributed by atoms with Crippen LogP contribution in [0.3, 0.4) is 0 Å². The Morgan fingerprint density at radius 1 is 0.429 bits per heavy atom. The first kappa shape index (κ1) is 29.2. The van der Waals surface area contributed by atoms with E-state index < -0.39 is 0 Å². The van der Waals surface area contributed by atoms with Crippen molar-refractivity contribution in [3.63, 3.8) is 0 Å². The molecule has 0 unspecified atom stereocenters. The van der Waals surface area contributed by atoms with Gasteiger partial charge in [-0.25, -0.2) is 8.80 Å². The molecule has 4 aromatic heterocycles. The molecule has 0 spiro atoms. The molecule has 42 heavy (non-hydrogen) atoms. The summed E-state index contributed by atoms with van der Waals surface area (Å²) in [6.45, 7) is 25.5. The van der Waals surface area contributed by atoms with E-state index in [4.69, 9.17) is 8.83 Å². The van der Waals surface area contributed by atoms with Gasteiger partial charge in [0.05, 0.1) is 10.8 Å². The minimum Gasteiger partial charge on any atom is -0.507 e. The van der Waals surface area contributed by atoms with Gasteiger partial charge in [-0.05, 0) is 135 Å². The Labute approximate surface area is 245 Å². The van der Waals surface area contributed by atoms with Crippen molar-refractivity contribution in [3.05, 3.63) is 93.3 Å². The first-order chi connectivity index (χ1) is 19.5. The van der Waals surface area contributed by atoms with Crippen molar-refractivity contribution in [2.75, 3.05) is 0 Å². The summed E-state index contributed by atoms with van der Waals surface area (Å²) in [6.07, 6.45) is 0. The SMILES string of the molecule is Cc1c(C)c(C)c2c(=O)n3c(C)c(C)c(C)c3oc2c1C.Cc1c(O)c(C)c2oc3c(C)c(C)c(C)n3c(=O)c2c1C. The lowest BCUT2D eigenvalue weighted by molar-refractivity contribution is 0.465. The second-order valence-electron chi connectivity index (χ2n) is 11.9. The Balaban J connectivity index is 0.000000168. The van der Waals surface area contributed by atoms with Crippen molar-refractivity contribution in [2.24, 2.45) is 0 Å². The highest BCUT2D eigenvalue weighted by molar-refractivity contribution is 5.88. The van der Waals surface area contributed by atoms with Gasteiger partial charge in [0.25, 0.3) is 11.1 Å². The van der Waals surface area contributed by atoms with Crippen LogP contribution in [-0.2, 0) is 0 Å². The molecule has 2 aromatic carbocycles. The summed E-state index contributed by atoms with van der Waals surface area (Å²) in [5.74, 6) is 0.199. The molecule has 6 rings (SSSR count). The van der Waals surface area contributed by atoms with Gasteiger partial charge in [-0.15, -0.1) is 0 Å². The number of aromatic nitrogens is 2. The highest BCUT2D eigenvalue weighted by Gasteiger charge is 2.22. The fourth-order valence-corrected chi connectivity index (χ4v) is 6.15. The monoisotopic (exact) mass is 568 g/mol. The Morgan fingerprint density at radius 2 is 0.786 bits per heavy atom. The van der Waals surface area contributed by atoms with Crippen molar-refractivity contribution in [3.8, 4) is 5.75 Å². The predicted molar refractivity (Wildman–Crippen MR) is 170 cm³/mol. The first-order valence-electron chi connectivity index (χ1n) is 14.3. The molecule has 0 aliphatic carbocycles. The summed E-state index contributed by atoms with van der Waals surface area (Å²) in [4.78, 5) is 25.9. The zero-order valence-electron chi connectivity index (χ0n) is 27.0. The average molecular weight is 569 g/mol. The zero-order chi connectivity index (χ0) is 31.3. The molecular weight excluding hydrogens is 528 g/mol. The van der Waals surface area contributed by atoms with Crippen molar-refractivity contribution in [1.29, 1.82) is 0 Å². The van der Waals surface area contributed by atoms with E-state index >= 15 is 0 Å². The predicted octanol–water partition coefficient (Wildman–Crippen LogP) is 7.81. The van der Waals surface area contributed by atoms with Gasteiger partial charge in [0.15, 0.2) is 0 Å². The lowest BCUT2D eigenvalue weighted by atomic mass is 9.96. The molecule has 0 aliphatic heterocycles. The molecule has 0 atom stereocenters. The molecule has 220 valence electrons. The second kappa shape index (κ2) is 9.65. The number of aromatic hydroxyl groups is 1. The minimum absolute atomic E-state index is 0.0312. The molecule has 0 aliphatic rings. The Kier molecular flexibility index (Phi) is 6.72. The summed E-state index contributed by atoms with van der Waals surface area (Å²) in [5, 5.41) is 11.5. The average Bonchev–Trinajstić information content (AvgIpc) is 3.32. The van der Waals surface area contributed by atoms with E-state index in [1.165, 1.54) is 11.1 Å². The van der Waals surface area contributed by atoms with Gasteiger partial charge in [0, 0.05) is 28.1 Å². The van der Waals surface area contributed by atoms with Crippen molar-refractivity contribution >= 4 is 33.4 Å². The van der Waals surface area contributed by atoms with Crippen molar-refractivity contribution in [2.45, 2.75) is 90.0 Å². The largest absolute Gasteiger partial charge is 0.507 e. The number of rotatable bonds is 0. The van der Waals surface area contributed by atoms with Crippen LogP contribution in [-0.4, -0.2) is 13.9 Å². The molecule has 7 nitrogen and oxygen atoms in total. The third-order valence-electron chi connectivity index (χ3n) is 10.0. The maximum Gasteiger partial charge on any atom is 0.269 e. The van der Waals surface area contributed by atoms with Gasteiger partial charge >= 0.3 is 0 Å². The van der Waals surface area contributed by atoms with Crippen molar-refractivity contribution in [1.82, 2.24) is 8.80 Å². The van der Waals surface area contributed by atoms with Crippen LogP contribution in [0.15, 0.2) is 18.4 Å². The molecule has 0 radical (unpaired) electrons. The molecule has 0 saturated carbocycles. The smallest absolute Gasteiger partial charge is 0.269 e. The second-order valence-corrected chi connectivity index (χ2v) is 11.9. The van der Waals surface area contributed by atoms with E-state index in [9.17, 15) is 14.7 Å². The molecule has 4 heterocycles. The number of fused-ring (bicyclic) bond motifs is 4. The lowest BCUT2D eigenvalue weighted by Crippen LogP contribution is -2.16. The summed E-state index contributed by atoms with van der Waals surface area (Å²) >= 11 is 0.